The van der Waals surface area contributed by atoms with Crippen LogP contribution in [0.4, 0.5) is 0 Å². The van der Waals surface area contributed by atoms with Crippen molar-refractivity contribution in [2.24, 2.45) is 0 Å². The minimum absolute atomic E-state index is 0.283. The summed E-state index contributed by atoms with van der Waals surface area (Å²) in [6.07, 6.45) is 0. The number of ether oxygens (including phenoxy) is 1. The van der Waals surface area contributed by atoms with Crippen LogP contribution in [0, 0.1) is 6.92 Å². The zero-order chi connectivity index (χ0) is 16.3. The van der Waals surface area contributed by atoms with E-state index in [1.54, 1.807) is 33.2 Å². The molecule has 0 bridgehead atoms. The van der Waals surface area contributed by atoms with Gasteiger partial charge in [-0.3, -0.25) is 0 Å². The van der Waals surface area contributed by atoms with Gasteiger partial charge in [-0.2, -0.15) is 4.31 Å². The van der Waals surface area contributed by atoms with Gasteiger partial charge in [-0.25, -0.2) is 8.42 Å². The number of hydrogen-bond acceptors (Lipinski definition) is 3. The molecule has 0 N–H and O–H groups in total. The van der Waals surface area contributed by atoms with Gasteiger partial charge in [-0.15, -0.1) is 0 Å². The summed E-state index contributed by atoms with van der Waals surface area (Å²) in [6, 6.07) is 12.6. The molecule has 2 aromatic carbocycles. The molecule has 0 spiro atoms. The van der Waals surface area contributed by atoms with Gasteiger partial charge >= 0.3 is 0 Å². The summed E-state index contributed by atoms with van der Waals surface area (Å²) in [7, 11) is -0.381. The van der Waals surface area contributed by atoms with Crippen molar-refractivity contribution in [1.29, 1.82) is 0 Å². The highest BCUT2D eigenvalue weighted by molar-refractivity contribution is 9.10. The second-order valence-corrected chi connectivity index (χ2v) is 7.95. The van der Waals surface area contributed by atoms with Crippen molar-refractivity contribution < 1.29 is 13.2 Å². The average molecular weight is 384 g/mol. The van der Waals surface area contributed by atoms with Crippen molar-refractivity contribution in [1.82, 2.24) is 4.31 Å². The molecular formula is C16H18BrNO3S. The number of benzene rings is 2. The lowest BCUT2D eigenvalue weighted by Gasteiger charge is -2.19. The summed E-state index contributed by atoms with van der Waals surface area (Å²) in [4.78, 5) is 0.312. The van der Waals surface area contributed by atoms with Crippen LogP contribution in [-0.4, -0.2) is 26.9 Å². The molecule has 0 saturated carbocycles. The third-order valence-corrected chi connectivity index (χ3v) is 5.82. The number of hydrogen-bond donors (Lipinski definition) is 0. The van der Waals surface area contributed by atoms with E-state index in [0.29, 0.717) is 10.6 Å². The molecule has 0 saturated heterocycles. The monoisotopic (exact) mass is 383 g/mol. The zero-order valence-electron chi connectivity index (χ0n) is 12.7. The molecule has 0 radical (unpaired) electrons. The van der Waals surface area contributed by atoms with Crippen LogP contribution in [0.5, 0.6) is 5.75 Å². The molecule has 0 aliphatic rings. The summed E-state index contributed by atoms with van der Waals surface area (Å²) >= 11 is 3.32. The molecule has 0 heterocycles. The maximum Gasteiger partial charge on any atom is 0.243 e. The molecular weight excluding hydrogens is 366 g/mol. The fourth-order valence-corrected chi connectivity index (χ4v) is 4.05. The normalized spacial score (nSPS) is 11.7. The van der Waals surface area contributed by atoms with Gasteiger partial charge in [0.25, 0.3) is 0 Å². The van der Waals surface area contributed by atoms with Gasteiger partial charge in [0.2, 0.25) is 10.0 Å². The molecule has 2 rings (SSSR count). The van der Waals surface area contributed by atoms with Gasteiger partial charge < -0.3 is 4.74 Å². The van der Waals surface area contributed by atoms with Crippen LogP contribution in [-0.2, 0) is 16.6 Å². The zero-order valence-corrected chi connectivity index (χ0v) is 15.1. The van der Waals surface area contributed by atoms with E-state index in [0.717, 1.165) is 15.6 Å². The summed E-state index contributed by atoms with van der Waals surface area (Å²) in [5.74, 6) is 0.710. The number of rotatable bonds is 5. The van der Waals surface area contributed by atoms with E-state index in [1.165, 1.54) is 4.31 Å². The van der Waals surface area contributed by atoms with Gasteiger partial charge in [0.05, 0.1) is 12.0 Å². The van der Waals surface area contributed by atoms with Crippen LogP contribution in [0.2, 0.25) is 0 Å². The molecule has 0 amide bonds. The summed E-state index contributed by atoms with van der Waals surface area (Å²) in [5.41, 5.74) is 1.60. The van der Waals surface area contributed by atoms with Crippen LogP contribution < -0.4 is 4.74 Å². The Morgan fingerprint density at radius 3 is 2.59 bits per heavy atom. The Morgan fingerprint density at radius 1 is 1.18 bits per heavy atom. The summed E-state index contributed by atoms with van der Waals surface area (Å²) in [6.45, 7) is 2.07. The average Bonchev–Trinajstić information content (AvgIpc) is 2.49. The highest BCUT2D eigenvalue weighted by atomic mass is 79.9. The molecule has 0 unspecified atom stereocenters. The molecule has 0 atom stereocenters. The molecule has 118 valence electrons. The fraction of sp³-hybridized carbons (Fsp3) is 0.250. The lowest BCUT2D eigenvalue weighted by atomic mass is 10.2. The topological polar surface area (TPSA) is 46.6 Å². The van der Waals surface area contributed by atoms with E-state index in [1.807, 2.05) is 30.3 Å². The lowest BCUT2D eigenvalue weighted by Crippen LogP contribution is -2.27. The first-order valence-corrected chi connectivity index (χ1v) is 8.93. The smallest absolute Gasteiger partial charge is 0.243 e. The van der Waals surface area contributed by atoms with E-state index in [4.69, 9.17) is 4.74 Å². The summed E-state index contributed by atoms with van der Waals surface area (Å²) in [5, 5.41) is 0. The summed E-state index contributed by atoms with van der Waals surface area (Å²) < 4.78 is 32.7. The Morgan fingerprint density at radius 2 is 1.91 bits per heavy atom. The SMILES string of the molecule is COc1cccc(CN(C)S(=O)(=O)c2cc(Br)ccc2C)c1. The number of methoxy groups -OCH3 is 1. The minimum Gasteiger partial charge on any atom is -0.497 e. The van der Waals surface area contributed by atoms with Gasteiger partial charge in [-0.05, 0) is 42.3 Å². The van der Waals surface area contributed by atoms with Gasteiger partial charge in [0, 0.05) is 18.1 Å². The number of halogens is 1. The highest BCUT2D eigenvalue weighted by Gasteiger charge is 2.23. The third-order valence-electron chi connectivity index (χ3n) is 3.38. The minimum atomic E-state index is -3.55. The number of aryl methyl sites for hydroxylation is 1. The fourth-order valence-electron chi connectivity index (χ4n) is 2.13. The molecule has 2 aromatic rings. The molecule has 0 aliphatic heterocycles. The van der Waals surface area contributed by atoms with E-state index in [9.17, 15) is 8.42 Å². The van der Waals surface area contributed by atoms with Crippen LogP contribution in [0.25, 0.3) is 0 Å². The van der Waals surface area contributed by atoms with Crippen molar-refractivity contribution in [3.63, 3.8) is 0 Å². The molecule has 0 aliphatic carbocycles. The molecule has 0 aromatic heterocycles. The first kappa shape index (κ1) is 17.0. The first-order valence-electron chi connectivity index (χ1n) is 6.70. The van der Waals surface area contributed by atoms with Gasteiger partial charge in [0.1, 0.15) is 5.75 Å². The van der Waals surface area contributed by atoms with Gasteiger partial charge in [-0.1, -0.05) is 34.1 Å². The van der Waals surface area contributed by atoms with E-state index < -0.39 is 10.0 Å². The van der Waals surface area contributed by atoms with Crippen molar-refractivity contribution in [2.45, 2.75) is 18.4 Å². The van der Waals surface area contributed by atoms with Crippen molar-refractivity contribution in [3.8, 4) is 5.75 Å². The maximum atomic E-state index is 12.7. The Hall–Kier alpha value is -1.37. The third kappa shape index (κ3) is 3.69. The Balaban J connectivity index is 2.30. The van der Waals surface area contributed by atoms with Gasteiger partial charge in [0.15, 0.2) is 0 Å². The second-order valence-electron chi connectivity index (χ2n) is 5.02. The van der Waals surface area contributed by atoms with Crippen molar-refractivity contribution in [3.05, 3.63) is 58.1 Å². The number of nitrogens with zero attached hydrogens (tertiary/aromatic N) is 1. The standard InChI is InChI=1S/C16H18BrNO3S/c1-12-7-8-14(17)10-16(12)22(19,20)18(2)11-13-5-4-6-15(9-13)21-3/h4-10H,11H2,1-3H3. The van der Waals surface area contributed by atoms with E-state index in [-0.39, 0.29) is 6.54 Å². The second kappa shape index (κ2) is 6.81. The first-order chi connectivity index (χ1) is 10.3. The van der Waals surface area contributed by atoms with Crippen LogP contribution >= 0.6 is 15.9 Å². The quantitative estimate of drug-likeness (QED) is 0.792. The lowest BCUT2D eigenvalue weighted by molar-refractivity contribution is 0.412. The Labute approximate surface area is 139 Å². The van der Waals surface area contributed by atoms with E-state index >= 15 is 0 Å². The van der Waals surface area contributed by atoms with Crippen molar-refractivity contribution in [2.75, 3.05) is 14.2 Å². The predicted molar refractivity (Wildman–Crippen MR) is 90.5 cm³/mol. The molecule has 22 heavy (non-hydrogen) atoms. The molecule has 4 nitrogen and oxygen atoms in total. The molecule has 0 fully saturated rings. The Kier molecular flexibility index (Phi) is 5.26. The van der Waals surface area contributed by atoms with Crippen LogP contribution in [0.1, 0.15) is 11.1 Å². The largest absolute Gasteiger partial charge is 0.497 e. The van der Waals surface area contributed by atoms with E-state index in [2.05, 4.69) is 15.9 Å². The van der Waals surface area contributed by atoms with Crippen LogP contribution in [0.3, 0.4) is 0 Å². The maximum absolute atomic E-state index is 12.7. The van der Waals surface area contributed by atoms with Crippen molar-refractivity contribution >= 4 is 26.0 Å². The Bertz CT molecular complexity index is 775. The van der Waals surface area contributed by atoms with Crippen LogP contribution in [0.15, 0.2) is 51.8 Å². The number of sulfonamides is 1. The highest BCUT2D eigenvalue weighted by Crippen LogP contribution is 2.24. The predicted octanol–water partition coefficient (Wildman–Crippen LogP) is 3.59. The molecule has 6 heteroatoms.